The highest BCUT2D eigenvalue weighted by Crippen LogP contribution is 2.01. The molecular weight excluding hydrogens is 200 g/mol. The molecule has 1 heterocycles. The van der Waals surface area contributed by atoms with Gasteiger partial charge in [0.1, 0.15) is 0 Å². The van der Waals surface area contributed by atoms with Crippen molar-refractivity contribution in [2.75, 3.05) is 33.3 Å². The Bertz CT molecular complexity index is 271. The molecule has 1 rings (SSSR count). The van der Waals surface area contributed by atoms with Crippen LogP contribution in [0.3, 0.4) is 0 Å². The zero-order chi connectivity index (χ0) is 11.3. The van der Waals surface area contributed by atoms with Crippen molar-refractivity contribution >= 4 is 12.1 Å². The second kappa shape index (κ2) is 5.35. The molecule has 1 saturated heterocycles. The maximum atomic E-state index is 11.4. The predicted octanol–water partition coefficient (Wildman–Crippen LogP) is -0.285. The lowest BCUT2D eigenvalue weighted by atomic mass is 10.4. The van der Waals surface area contributed by atoms with Crippen LogP contribution in [0.25, 0.3) is 0 Å². The minimum Gasteiger partial charge on any atom is -0.490 e. The van der Waals surface area contributed by atoms with E-state index >= 15 is 0 Å². The molecule has 0 atom stereocenters. The summed E-state index contributed by atoms with van der Waals surface area (Å²) in [4.78, 5) is 24.0. The molecule has 1 N–H and O–H groups in total. The summed E-state index contributed by atoms with van der Waals surface area (Å²) in [5.41, 5.74) is 0. The molecule has 0 aromatic carbocycles. The predicted molar refractivity (Wildman–Crippen MR) is 52.1 cm³/mol. The topological polar surface area (TPSA) is 67.9 Å². The van der Waals surface area contributed by atoms with E-state index in [9.17, 15) is 9.59 Å². The number of nitrogens with zero attached hydrogens (tertiary/aromatic N) is 1. The average Bonchev–Trinajstić information content (AvgIpc) is 2.29. The summed E-state index contributed by atoms with van der Waals surface area (Å²) >= 11 is 0. The van der Waals surface area contributed by atoms with Crippen LogP contribution in [0.2, 0.25) is 0 Å². The van der Waals surface area contributed by atoms with Crippen molar-refractivity contribution in [3.8, 4) is 0 Å². The molecule has 0 unspecified atom stereocenters. The maximum Gasteiger partial charge on any atom is 0.417 e. The molecule has 1 amide bonds. The minimum atomic E-state index is -0.846. The molecule has 0 spiro atoms. The molecule has 1 aliphatic rings. The molecule has 15 heavy (non-hydrogen) atoms. The second-order valence-corrected chi connectivity index (χ2v) is 3.02. The number of amides is 1. The molecule has 0 radical (unpaired) electrons. The lowest BCUT2D eigenvalue weighted by Gasteiger charge is -2.25. The Morgan fingerprint density at radius 1 is 1.33 bits per heavy atom. The summed E-state index contributed by atoms with van der Waals surface area (Å²) in [5, 5.41) is 3.08. The zero-order valence-electron chi connectivity index (χ0n) is 8.62. The van der Waals surface area contributed by atoms with Crippen molar-refractivity contribution in [1.82, 2.24) is 10.2 Å². The van der Waals surface area contributed by atoms with Crippen LogP contribution in [-0.2, 0) is 14.3 Å². The third kappa shape index (κ3) is 3.25. The molecule has 6 nitrogen and oxygen atoms in total. The van der Waals surface area contributed by atoms with Crippen molar-refractivity contribution in [3.05, 3.63) is 12.3 Å². The fraction of sp³-hybridized carbons (Fsp3) is 0.556. The van der Waals surface area contributed by atoms with Crippen molar-refractivity contribution in [2.45, 2.75) is 0 Å². The fourth-order valence-electron chi connectivity index (χ4n) is 1.13. The van der Waals surface area contributed by atoms with Gasteiger partial charge in [0.2, 0.25) is 0 Å². The molecule has 0 saturated carbocycles. The summed E-state index contributed by atoms with van der Waals surface area (Å²) in [5.74, 6) is -1.03. The van der Waals surface area contributed by atoms with Gasteiger partial charge in [-0.2, -0.15) is 0 Å². The van der Waals surface area contributed by atoms with Crippen LogP contribution in [-0.4, -0.2) is 50.3 Å². The molecule has 0 aromatic heterocycles. The van der Waals surface area contributed by atoms with Crippen LogP contribution in [0.1, 0.15) is 0 Å². The van der Waals surface area contributed by atoms with E-state index in [1.807, 2.05) is 0 Å². The lowest BCUT2D eigenvalue weighted by Crippen LogP contribution is -2.47. The van der Waals surface area contributed by atoms with Crippen LogP contribution in [0.5, 0.6) is 0 Å². The van der Waals surface area contributed by atoms with Crippen LogP contribution < -0.4 is 5.32 Å². The number of carbonyl (C=O) groups is 2. The molecule has 84 valence electrons. The Kier molecular flexibility index (Phi) is 4.11. The molecule has 1 aliphatic heterocycles. The molecule has 0 aliphatic carbocycles. The van der Waals surface area contributed by atoms with Gasteiger partial charge in [0.15, 0.2) is 5.76 Å². The van der Waals surface area contributed by atoms with E-state index in [1.165, 1.54) is 12.0 Å². The number of nitrogens with one attached hydrogen (secondary N) is 1. The highest BCUT2D eigenvalue weighted by atomic mass is 16.6. The van der Waals surface area contributed by atoms with Crippen molar-refractivity contribution < 1.29 is 19.1 Å². The molecule has 0 bridgehead atoms. The van der Waals surface area contributed by atoms with Gasteiger partial charge in [-0.3, -0.25) is 0 Å². The van der Waals surface area contributed by atoms with Crippen LogP contribution in [0, 0.1) is 0 Å². The first-order valence-electron chi connectivity index (χ1n) is 4.60. The van der Waals surface area contributed by atoms with Gasteiger partial charge in [-0.25, -0.2) is 9.59 Å². The van der Waals surface area contributed by atoms with E-state index in [-0.39, 0.29) is 5.76 Å². The van der Waals surface area contributed by atoms with Gasteiger partial charge in [-0.15, -0.1) is 0 Å². The van der Waals surface area contributed by atoms with Crippen LogP contribution in [0.15, 0.2) is 12.3 Å². The SMILES string of the molecule is C=C(OC)C(=O)OC(=O)N1CCNCC1. The largest absolute Gasteiger partial charge is 0.490 e. The van der Waals surface area contributed by atoms with Crippen molar-refractivity contribution in [3.63, 3.8) is 0 Å². The number of carbonyl (C=O) groups excluding carboxylic acids is 2. The van der Waals surface area contributed by atoms with Gasteiger partial charge in [0.25, 0.3) is 0 Å². The van der Waals surface area contributed by atoms with E-state index in [0.717, 1.165) is 0 Å². The first-order chi connectivity index (χ1) is 7.15. The maximum absolute atomic E-state index is 11.4. The Hall–Kier alpha value is -1.56. The molecular formula is C9H14N2O4. The highest BCUT2D eigenvalue weighted by Gasteiger charge is 2.21. The standard InChI is InChI=1S/C9H14N2O4/c1-7(14-2)8(12)15-9(13)11-5-3-10-4-6-11/h10H,1,3-6H2,2H3. The Morgan fingerprint density at radius 3 is 2.47 bits per heavy atom. The molecule has 0 aromatic rings. The Balaban J connectivity index is 2.40. The number of hydrogen-bond donors (Lipinski definition) is 1. The van der Waals surface area contributed by atoms with E-state index in [0.29, 0.717) is 26.2 Å². The number of rotatable bonds is 2. The fourth-order valence-corrected chi connectivity index (χ4v) is 1.13. The normalized spacial score (nSPS) is 15.7. The zero-order valence-corrected chi connectivity index (χ0v) is 8.62. The van der Waals surface area contributed by atoms with Gasteiger partial charge < -0.3 is 19.7 Å². The summed E-state index contributed by atoms with van der Waals surface area (Å²) in [6.45, 7) is 5.76. The summed E-state index contributed by atoms with van der Waals surface area (Å²) < 4.78 is 9.09. The highest BCUT2D eigenvalue weighted by molar-refractivity contribution is 5.93. The average molecular weight is 214 g/mol. The summed E-state index contributed by atoms with van der Waals surface area (Å²) in [7, 11) is 1.29. The number of methoxy groups -OCH3 is 1. The molecule has 6 heteroatoms. The lowest BCUT2D eigenvalue weighted by molar-refractivity contribution is -0.137. The second-order valence-electron chi connectivity index (χ2n) is 3.02. The third-order valence-electron chi connectivity index (χ3n) is 2.03. The monoisotopic (exact) mass is 214 g/mol. The first-order valence-corrected chi connectivity index (χ1v) is 4.60. The van der Waals surface area contributed by atoms with Crippen molar-refractivity contribution in [2.24, 2.45) is 0 Å². The quantitative estimate of drug-likeness (QED) is 0.296. The summed E-state index contributed by atoms with van der Waals surface area (Å²) in [6, 6.07) is 0. The van der Waals surface area contributed by atoms with Gasteiger partial charge in [0.05, 0.1) is 7.11 Å². The van der Waals surface area contributed by atoms with Crippen molar-refractivity contribution in [1.29, 1.82) is 0 Å². The van der Waals surface area contributed by atoms with E-state index in [2.05, 4.69) is 21.4 Å². The first kappa shape index (κ1) is 11.5. The van der Waals surface area contributed by atoms with E-state index < -0.39 is 12.1 Å². The summed E-state index contributed by atoms with van der Waals surface area (Å²) in [6.07, 6.45) is -0.653. The van der Waals surface area contributed by atoms with Gasteiger partial charge >= 0.3 is 12.1 Å². The third-order valence-corrected chi connectivity index (χ3v) is 2.03. The Labute approximate surface area is 87.8 Å². The van der Waals surface area contributed by atoms with E-state index in [4.69, 9.17) is 0 Å². The minimum absolute atomic E-state index is 0.182. The number of piperazine rings is 1. The van der Waals surface area contributed by atoms with Crippen LogP contribution in [0.4, 0.5) is 4.79 Å². The van der Waals surface area contributed by atoms with Gasteiger partial charge in [-0.05, 0) is 6.58 Å². The number of hydrogen-bond acceptors (Lipinski definition) is 5. The Morgan fingerprint density at radius 2 is 1.93 bits per heavy atom. The van der Waals surface area contributed by atoms with Crippen LogP contribution >= 0.6 is 0 Å². The van der Waals surface area contributed by atoms with Gasteiger partial charge in [0, 0.05) is 26.2 Å². The number of esters is 1. The molecule has 1 fully saturated rings. The van der Waals surface area contributed by atoms with Gasteiger partial charge in [-0.1, -0.05) is 0 Å². The smallest absolute Gasteiger partial charge is 0.417 e. The van der Waals surface area contributed by atoms with E-state index in [1.54, 1.807) is 0 Å². The number of ether oxygens (including phenoxy) is 2.